The van der Waals surface area contributed by atoms with Crippen molar-refractivity contribution in [3.63, 3.8) is 0 Å². The van der Waals surface area contributed by atoms with Crippen molar-refractivity contribution in [3.8, 4) is 17.2 Å². The Kier molecular flexibility index (Phi) is 8.10. The number of anilines is 1. The summed E-state index contributed by atoms with van der Waals surface area (Å²) < 4.78 is 20.4. The lowest BCUT2D eigenvalue weighted by Crippen LogP contribution is -2.34. The molecule has 0 bridgehead atoms. The number of carbonyl (C=O) groups is 1. The van der Waals surface area contributed by atoms with E-state index in [1.54, 1.807) is 27.9 Å². The van der Waals surface area contributed by atoms with Crippen molar-refractivity contribution in [3.05, 3.63) is 59.4 Å². The smallest absolute Gasteiger partial charge is 0.260 e. The predicted octanol–water partition coefficient (Wildman–Crippen LogP) is 5.65. The van der Waals surface area contributed by atoms with E-state index in [4.69, 9.17) is 19.2 Å². The van der Waals surface area contributed by atoms with Gasteiger partial charge in [0, 0.05) is 24.5 Å². The number of benzene rings is 2. The first kappa shape index (κ1) is 25.5. The molecule has 0 radical (unpaired) electrons. The normalized spacial score (nSPS) is 11.0. The number of rotatable bonds is 11. The highest BCUT2D eigenvalue weighted by Gasteiger charge is 2.25. The van der Waals surface area contributed by atoms with E-state index in [1.165, 1.54) is 16.9 Å². The number of fused-ring (bicyclic) bond motifs is 1. The second kappa shape index (κ2) is 11.4. The molecule has 0 fully saturated rings. The third-order valence-electron chi connectivity index (χ3n) is 5.56. The van der Waals surface area contributed by atoms with Crippen LogP contribution in [0.2, 0.25) is 0 Å². The maximum Gasteiger partial charge on any atom is 0.260 e. The third-order valence-corrected chi connectivity index (χ3v) is 6.59. The second-order valence-corrected chi connectivity index (χ2v) is 9.26. The van der Waals surface area contributed by atoms with Gasteiger partial charge in [0.1, 0.15) is 0 Å². The van der Waals surface area contributed by atoms with Gasteiger partial charge in [-0.3, -0.25) is 14.4 Å². The van der Waals surface area contributed by atoms with Crippen LogP contribution in [0.25, 0.3) is 10.2 Å². The van der Waals surface area contributed by atoms with Crippen LogP contribution in [-0.2, 0) is 6.54 Å². The lowest BCUT2D eigenvalue weighted by Gasteiger charge is -2.22. The Hall–Kier alpha value is -3.59. The van der Waals surface area contributed by atoms with Crippen LogP contribution in [-0.4, -0.2) is 47.0 Å². The lowest BCUT2D eigenvalue weighted by atomic mass is 10.1. The van der Waals surface area contributed by atoms with Gasteiger partial charge in [-0.2, -0.15) is 5.10 Å². The van der Waals surface area contributed by atoms with E-state index < -0.39 is 0 Å². The van der Waals surface area contributed by atoms with Gasteiger partial charge in [-0.05, 0) is 70.0 Å². The minimum Gasteiger partial charge on any atom is -0.490 e. The fourth-order valence-corrected chi connectivity index (χ4v) is 5.23. The molecule has 36 heavy (non-hydrogen) atoms. The van der Waals surface area contributed by atoms with Gasteiger partial charge >= 0.3 is 0 Å². The van der Waals surface area contributed by atoms with Gasteiger partial charge in [-0.1, -0.05) is 17.4 Å². The number of aromatic nitrogens is 3. The molecule has 2 aromatic carbocycles. The molecule has 0 atom stereocenters. The van der Waals surface area contributed by atoms with Crippen LogP contribution in [0.15, 0.2) is 42.7 Å². The Morgan fingerprint density at radius 2 is 1.69 bits per heavy atom. The zero-order chi connectivity index (χ0) is 25.7. The van der Waals surface area contributed by atoms with E-state index in [0.717, 1.165) is 15.8 Å². The van der Waals surface area contributed by atoms with Gasteiger partial charge in [0.25, 0.3) is 5.91 Å². The highest BCUT2D eigenvalue weighted by Crippen LogP contribution is 2.40. The third kappa shape index (κ3) is 5.46. The van der Waals surface area contributed by atoms with E-state index in [2.05, 4.69) is 24.2 Å². The molecule has 2 heterocycles. The van der Waals surface area contributed by atoms with Crippen molar-refractivity contribution in [1.29, 1.82) is 0 Å². The molecule has 0 aliphatic heterocycles. The van der Waals surface area contributed by atoms with Crippen molar-refractivity contribution >= 4 is 32.6 Å². The molecule has 0 N–H and O–H groups in total. The topological polar surface area (TPSA) is 78.7 Å². The summed E-state index contributed by atoms with van der Waals surface area (Å²) in [4.78, 5) is 20.6. The molecule has 2 aromatic heterocycles. The van der Waals surface area contributed by atoms with Crippen molar-refractivity contribution in [2.24, 2.45) is 0 Å². The van der Waals surface area contributed by atoms with Crippen molar-refractivity contribution in [2.75, 3.05) is 31.3 Å². The highest BCUT2D eigenvalue weighted by molar-refractivity contribution is 7.22. The number of thiazole rings is 1. The zero-order valence-corrected chi connectivity index (χ0v) is 22.2. The molecule has 0 saturated carbocycles. The van der Waals surface area contributed by atoms with Crippen molar-refractivity contribution in [1.82, 2.24) is 14.8 Å². The monoisotopic (exact) mass is 508 g/mol. The molecule has 0 saturated heterocycles. The largest absolute Gasteiger partial charge is 0.490 e. The van der Waals surface area contributed by atoms with E-state index in [1.807, 2.05) is 40.0 Å². The minimum atomic E-state index is -0.194. The molecular weight excluding hydrogens is 476 g/mol. The molecule has 9 heteroatoms. The predicted molar refractivity (Wildman–Crippen MR) is 143 cm³/mol. The Bertz CT molecular complexity index is 1310. The number of hydrogen-bond donors (Lipinski definition) is 0. The number of carbonyl (C=O) groups excluding carboxylic acids is 1. The molecule has 190 valence electrons. The Morgan fingerprint density at radius 3 is 2.31 bits per heavy atom. The maximum atomic E-state index is 14.0. The van der Waals surface area contributed by atoms with E-state index >= 15 is 0 Å². The number of nitrogens with zero attached hydrogens (tertiary/aromatic N) is 4. The molecule has 0 spiro atoms. The highest BCUT2D eigenvalue weighted by atomic mass is 32.1. The van der Waals surface area contributed by atoms with Crippen LogP contribution in [0.3, 0.4) is 0 Å². The Morgan fingerprint density at radius 1 is 1.00 bits per heavy atom. The minimum absolute atomic E-state index is 0.194. The number of hydrogen-bond acceptors (Lipinski definition) is 7. The van der Waals surface area contributed by atoms with Crippen LogP contribution < -0.4 is 19.1 Å². The van der Waals surface area contributed by atoms with E-state index in [0.29, 0.717) is 60.9 Å². The SMILES string of the molecule is CCOc1cc(C(=O)N(CCn2cccn2)c2nc3c(C)cc(C)cc3s2)cc(OCC)c1OCC. The molecule has 0 aliphatic carbocycles. The summed E-state index contributed by atoms with van der Waals surface area (Å²) in [5, 5.41) is 4.94. The van der Waals surface area contributed by atoms with Crippen molar-refractivity contribution < 1.29 is 19.0 Å². The van der Waals surface area contributed by atoms with E-state index in [-0.39, 0.29) is 5.91 Å². The second-order valence-electron chi connectivity index (χ2n) is 8.25. The Labute approximate surface area is 215 Å². The standard InChI is InChI=1S/C27H32N4O4S/c1-6-33-21-16-20(17-22(34-7-2)25(21)35-8-3)26(32)31(13-12-30-11-9-10-28-30)27-29-24-19(5)14-18(4)15-23(24)36-27/h9-11,14-17H,6-8,12-13H2,1-5H3. The van der Waals surface area contributed by atoms with Gasteiger partial charge in [0.2, 0.25) is 5.75 Å². The average molecular weight is 509 g/mol. The first-order chi connectivity index (χ1) is 17.4. The number of aryl methyl sites for hydroxylation is 2. The first-order valence-electron chi connectivity index (χ1n) is 12.2. The summed E-state index contributed by atoms with van der Waals surface area (Å²) in [5.41, 5.74) is 3.61. The molecule has 0 unspecified atom stereocenters. The van der Waals surface area contributed by atoms with Crippen LogP contribution in [0, 0.1) is 13.8 Å². The summed E-state index contributed by atoms with van der Waals surface area (Å²) >= 11 is 1.51. The summed E-state index contributed by atoms with van der Waals surface area (Å²) in [5.74, 6) is 1.28. The molecular formula is C27H32N4O4S. The van der Waals surface area contributed by atoms with Gasteiger partial charge in [0.15, 0.2) is 16.6 Å². The molecule has 8 nitrogen and oxygen atoms in total. The fourth-order valence-electron chi connectivity index (χ4n) is 4.06. The maximum absolute atomic E-state index is 14.0. The van der Waals surface area contributed by atoms with Crippen LogP contribution >= 0.6 is 11.3 Å². The summed E-state index contributed by atoms with van der Waals surface area (Å²) in [7, 11) is 0. The quantitative estimate of drug-likeness (QED) is 0.260. The number of ether oxygens (including phenoxy) is 3. The van der Waals surface area contributed by atoms with Crippen LogP contribution in [0.1, 0.15) is 42.3 Å². The van der Waals surface area contributed by atoms with Gasteiger partial charge < -0.3 is 14.2 Å². The van der Waals surface area contributed by atoms with Crippen molar-refractivity contribution in [2.45, 2.75) is 41.2 Å². The molecule has 0 aliphatic rings. The van der Waals surface area contributed by atoms with E-state index in [9.17, 15) is 4.79 Å². The summed E-state index contributed by atoms with van der Waals surface area (Å²) in [6, 6.07) is 9.53. The summed E-state index contributed by atoms with van der Waals surface area (Å²) in [6.07, 6.45) is 3.61. The molecule has 4 rings (SSSR count). The van der Waals surface area contributed by atoms with Gasteiger partial charge in [-0.25, -0.2) is 4.98 Å². The average Bonchev–Trinajstić information content (AvgIpc) is 3.51. The zero-order valence-electron chi connectivity index (χ0n) is 21.4. The van der Waals surface area contributed by atoms with Crippen LogP contribution in [0.4, 0.5) is 5.13 Å². The number of amides is 1. The lowest BCUT2D eigenvalue weighted by molar-refractivity contribution is 0.0984. The van der Waals surface area contributed by atoms with Crippen LogP contribution in [0.5, 0.6) is 17.2 Å². The Balaban J connectivity index is 1.78. The summed E-state index contributed by atoms with van der Waals surface area (Å²) in [6.45, 7) is 12.1. The fraction of sp³-hybridized carbons (Fsp3) is 0.370. The van der Waals surface area contributed by atoms with Gasteiger partial charge in [0.05, 0.1) is 36.6 Å². The van der Waals surface area contributed by atoms with Gasteiger partial charge in [-0.15, -0.1) is 0 Å². The first-order valence-corrected chi connectivity index (χ1v) is 13.0. The molecule has 1 amide bonds. The molecule has 4 aromatic rings.